The molecule has 0 saturated heterocycles. The van der Waals surface area contributed by atoms with E-state index in [0.29, 0.717) is 13.0 Å². The lowest BCUT2D eigenvalue weighted by molar-refractivity contribution is -0.123. The van der Waals surface area contributed by atoms with Crippen LogP contribution in [0.2, 0.25) is 0 Å². The number of rotatable bonds is 6. The third-order valence-corrected chi connectivity index (χ3v) is 4.28. The molecule has 2 aromatic carbocycles. The second-order valence-electron chi connectivity index (χ2n) is 5.88. The Bertz CT molecular complexity index is 657. The summed E-state index contributed by atoms with van der Waals surface area (Å²) in [5.41, 5.74) is 8.11. The Morgan fingerprint density at radius 1 is 1.09 bits per heavy atom. The van der Waals surface area contributed by atoms with E-state index in [1.54, 1.807) is 0 Å². The van der Waals surface area contributed by atoms with Gasteiger partial charge in [0, 0.05) is 13.1 Å². The van der Waals surface area contributed by atoms with Gasteiger partial charge in [-0.15, -0.1) is 0 Å². The van der Waals surface area contributed by atoms with E-state index in [2.05, 4.69) is 17.0 Å². The van der Waals surface area contributed by atoms with Gasteiger partial charge in [0.05, 0.1) is 12.6 Å². The van der Waals surface area contributed by atoms with Gasteiger partial charge in [-0.3, -0.25) is 9.69 Å². The van der Waals surface area contributed by atoms with Crippen LogP contribution >= 0.6 is 0 Å². The summed E-state index contributed by atoms with van der Waals surface area (Å²) >= 11 is 0. The van der Waals surface area contributed by atoms with Gasteiger partial charge >= 0.3 is 0 Å². The number of primary amides is 1. The zero-order valence-corrected chi connectivity index (χ0v) is 13.2. The molecule has 0 unspecified atom stereocenters. The van der Waals surface area contributed by atoms with Crippen molar-refractivity contribution >= 4 is 5.91 Å². The first-order chi connectivity index (χ1) is 11.2. The second kappa shape index (κ2) is 7.29. The third-order valence-electron chi connectivity index (χ3n) is 4.28. The molecule has 2 aromatic rings. The van der Waals surface area contributed by atoms with Gasteiger partial charge in [-0.25, -0.2) is 0 Å². The fraction of sp³-hybridized carbons (Fsp3) is 0.316. The van der Waals surface area contributed by atoms with E-state index in [-0.39, 0.29) is 11.9 Å². The number of para-hydroxylation sites is 1. The zero-order valence-electron chi connectivity index (χ0n) is 13.2. The van der Waals surface area contributed by atoms with Gasteiger partial charge in [-0.05, 0) is 36.1 Å². The summed E-state index contributed by atoms with van der Waals surface area (Å²) in [5, 5.41) is 0. The van der Waals surface area contributed by atoms with Gasteiger partial charge in [0.15, 0.2) is 0 Å². The van der Waals surface area contributed by atoms with Crippen molar-refractivity contribution in [1.82, 2.24) is 4.90 Å². The number of amides is 1. The zero-order chi connectivity index (χ0) is 16.1. The lowest BCUT2D eigenvalue weighted by Gasteiger charge is -2.35. The van der Waals surface area contributed by atoms with Gasteiger partial charge < -0.3 is 10.5 Å². The molecule has 0 spiro atoms. The maximum Gasteiger partial charge on any atom is 0.235 e. The third kappa shape index (κ3) is 3.90. The Labute approximate surface area is 136 Å². The van der Waals surface area contributed by atoms with Crippen molar-refractivity contribution in [2.45, 2.75) is 25.4 Å². The quantitative estimate of drug-likeness (QED) is 0.833. The molecule has 0 fully saturated rings. The molecule has 1 amide bonds. The van der Waals surface area contributed by atoms with Crippen LogP contribution in [-0.2, 0) is 17.8 Å². The predicted molar refractivity (Wildman–Crippen MR) is 90.1 cm³/mol. The van der Waals surface area contributed by atoms with Gasteiger partial charge in [-0.1, -0.05) is 42.5 Å². The number of fused-ring (bicyclic) bond motifs is 1. The van der Waals surface area contributed by atoms with E-state index in [0.717, 1.165) is 25.3 Å². The highest BCUT2D eigenvalue weighted by Crippen LogP contribution is 2.23. The lowest BCUT2D eigenvalue weighted by Crippen LogP contribution is -2.49. The first-order valence-electron chi connectivity index (χ1n) is 8.02. The fourth-order valence-electron chi connectivity index (χ4n) is 3.07. The molecule has 0 aromatic heterocycles. The Balaban J connectivity index is 1.56. The Kier molecular flexibility index (Phi) is 4.93. The van der Waals surface area contributed by atoms with Crippen LogP contribution in [0.4, 0.5) is 0 Å². The molecule has 1 heterocycles. The molecule has 120 valence electrons. The van der Waals surface area contributed by atoms with Crippen molar-refractivity contribution in [3.8, 4) is 5.75 Å². The van der Waals surface area contributed by atoms with Crippen molar-refractivity contribution in [1.29, 1.82) is 0 Å². The number of hydrogen-bond acceptors (Lipinski definition) is 3. The van der Waals surface area contributed by atoms with Crippen LogP contribution in [0.3, 0.4) is 0 Å². The summed E-state index contributed by atoms with van der Waals surface area (Å²) in [6.07, 6.45) is 1.56. The van der Waals surface area contributed by atoms with Crippen molar-refractivity contribution in [3.05, 3.63) is 65.7 Å². The monoisotopic (exact) mass is 310 g/mol. The van der Waals surface area contributed by atoms with Crippen LogP contribution in [0.25, 0.3) is 0 Å². The van der Waals surface area contributed by atoms with Gasteiger partial charge in [0.2, 0.25) is 5.91 Å². The Morgan fingerprint density at radius 2 is 1.78 bits per heavy atom. The highest BCUT2D eigenvalue weighted by atomic mass is 16.5. The van der Waals surface area contributed by atoms with Crippen molar-refractivity contribution in [2.75, 3.05) is 13.2 Å². The Hall–Kier alpha value is -2.33. The number of ether oxygens (including phenoxy) is 1. The molecular weight excluding hydrogens is 288 g/mol. The lowest BCUT2D eigenvalue weighted by atomic mass is 9.93. The first kappa shape index (κ1) is 15.6. The summed E-state index contributed by atoms with van der Waals surface area (Å²) in [5.74, 6) is 0.631. The molecule has 0 aliphatic carbocycles. The van der Waals surface area contributed by atoms with Crippen LogP contribution in [0.1, 0.15) is 17.5 Å². The number of carbonyl (C=O) groups is 1. The molecule has 0 radical (unpaired) electrons. The summed E-state index contributed by atoms with van der Waals surface area (Å²) in [7, 11) is 0. The minimum atomic E-state index is -0.247. The molecule has 1 aliphatic rings. The van der Waals surface area contributed by atoms with Crippen LogP contribution in [0.5, 0.6) is 5.75 Å². The molecule has 3 rings (SSSR count). The molecule has 1 aliphatic heterocycles. The average molecular weight is 310 g/mol. The van der Waals surface area contributed by atoms with Crippen LogP contribution in [-0.4, -0.2) is 30.0 Å². The minimum Gasteiger partial charge on any atom is -0.494 e. The molecule has 0 saturated carbocycles. The van der Waals surface area contributed by atoms with E-state index in [1.807, 2.05) is 42.5 Å². The Morgan fingerprint density at radius 3 is 2.52 bits per heavy atom. The number of carbonyl (C=O) groups excluding carboxylic acids is 1. The van der Waals surface area contributed by atoms with Gasteiger partial charge in [-0.2, -0.15) is 0 Å². The molecular formula is C19H22N2O2. The standard InChI is InChI=1S/C19H22N2O2/c20-19(22)18-13-15-7-4-5-8-16(15)14-21(18)11-6-12-23-17-9-2-1-3-10-17/h1-5,7-10,18H,6,11-14H2,(H2,20,22)/t18-/m1/s1. The van der Waals surface area contributed by atoms with E-state index in [4.69, 9.17) is 10.5 Å². The van der Waals surface area contributed by atoms with Crippen LogP contribution < -0.4 is 10.5 Å². The van der Waals surface area contributed by atoms with E-state index in [9.17, 15) is 4.79 Å². The number of nitrogens with two attached hydrogens (primary N) is 1. The van der Waals surface area contributed by atoms with Crippen molar-refractivity contribution < 1.29 is 9.53 Å². The summed E-state index contributed by atoms with van der Waals surface area (Å²) in [4.78, 5) is 13.9. The molecule has 1 atom stereocenters. The summed E-state index contributed by atoms with van der Waals surface area (Å²) in [6, 6.07) is 17.8. The summed E-state index contributed by atoms with van der Waals surface area (Å²) in [6.45, 7) is 2.21. The van der Waals surface area contributed by atoms with Crippen molar-refractivity contribution in [3.63, 3.8) is 0 Å². The molecule has 4 heteroatoms. The van der Waals surface area contributed by atoms with E-state index in [1.165, 1.54) is 11.1 Å². The SMILES string of the molecule is NC(=O)[C@H]1Cc2ccccc2CN1CCCOc1ccccc1. The van der Waals surface area contributed by atoms with Gasteiger partial charge in [0.25, 0.3) is 0 Å². The predicted octanol–water partition coefficient (Wildman–Crippen LogP) is 2.37. The van der Waals surface area contributed by atoms with E-state index < -0.39 is 0 Å². The smallest absolute Gasteiger partial charge is 0.235 e. The molecule has 2 N–H and O–H groups in total. The fourth-order valence-corrected chi connectivity index (χ4v) is 3.07. The maximum atomic E-state index is 11.8. The highest BCUT2D eigenvalue weighted by Gasteiger charge is 2.29. The van der Waals surface area contributed by atoms with Gasteiger partial charge in [0.1, 0.15) is 5.75 Å². The van der Waals surface area contributed by atoms with Crippen molar-refractivity contribution in [2.24, 2.45) is 5.73 Å². The minimum absolute atomic E-state index is 0.221. The number of nitrogens with zero attached hydrogens (tertiary/aromatic N) is 1. The highest BCUT2D eigenvalue weighted by molar-refractivity contribution is 5.80. The van der Waals surface area contributed by atoms with Crippen LogP contribution in [0, 0.1) is 0 Å². The topological polar surface area (TPSA) is 55.6 Å². The normalized spacial score (nSPS) is 17.5. The number of hydrogen-bond donors (Lipinski definition) is 1. The maximum absolute atomic E-state index is 11.8. The first-order valence-corrected chi connectivity index (χ1v) is 8.02. The largest absolute Gasteiger partial charge is 0.494 e. The van der Waals surface area contributed by atoms with E-state index >= 15 is 0 Å². The average Bonchev–Trinajstić information content (AvgIpc) is 2.59. The second-order valence-corrected chi connectivity index (χ2v) is 5.88. The molecule has 4 nitrogen and oxygen atoms in total. The summed E-state index contributed by atoms with van der Waals surface area (Å²) < 4.78 is 5.72. The molecule has 23 heavy (non-hydrogen) atoms. The van der Waals surface area contributed by atoms with Crippen LogP contribution in [0.15, 0.2) is 54.6 Å². The molecule has 0 bridgehead atoms. The number of benzene rings is 2.